The molecule has 4 heteroatoms. The molecule has 1 aromatic carbocycles. The predicted octanol–water partition coefficient (Wildman–Crippen LogP) is 3.63. The van der Waals surface area contributed by atoms with Gasteiger partial charge in [-0.3, -0.25) is 0 Å². The second-order valence-electron chi connectivity index (χ2n) is 5.06. The van der Waals surface area contributed by atoms with Crippen LogP contribution in [0.2, 0.25) is 0 Å². The van der Waals surface area contributed by atoms with Crippen molar-refractivity contribution >= 4 is 32.7 Å². The van der Waals surface area contributed by atoms with Crippen molar-refractivity contribution in [3.05, 3.63) is 29.0 Å². The lowest BCUT2D eigenvalue weighted by Crippen LogP contribution is -2.30. The summed E-state index contributed by atoms with van der Waals surface area (Å²) in [6, 6.07) is 6.71. The molecule has 1 saturated heterocycles. The molecule has 0 aliphatic carbocycles. The molecule has 0 spiro atoms. The lowest BCUT2D eigenvalue weighted by Gasteiger charge is -2.25. The average Bonchev–Trinajstić information content (AvgIpc) is 2.69. The van der Waals surface area contributed by atoms with Crippen LogP contribution in [0.4, 0.5) is 5.82 Å². The second kappa shape index (κ2) is 4.50. The van der Waals surface area contributed by atoms with Crippen LogP contribution in [0.5, 0.6) is 0 Å². The first kappa shape index (κ1) is 11.9. The van der Waals surface area contributed by atoms with Gasteiger partial charge >= 0.3 is 0 Å². The zero-order valence-electron chi connectivity index (χ0n) is 10.6. The van der Waals surface area contributed by atoms with E-state index < -0.39 is 0 Å². The molecule has 1 fully saturated rings. The van der Waals surface area contributed by atoms with E-state index in [2.05, 4.69) is 50.7 Å². The Morgan fingerprint density at radius 2 is 2.11 bits per heavy atom. The number of hydrogen-bond donors (Lipinski definition) is 0. The molecule has 3 nitrogen and oxygen atoms in total. The third-order valence-corrected chi connectivity index (χ3v) is 4.48. The Hall–Kier alpha value is -1.16. The number of anilines is 1. The molecule has 2 unspecified atom stereocenters. The number of fused-ring (bicyclic) bond motifs is 1. The quantitative estimate of drug-likeness (QED) is 0.805. The lowest BCUT2D eigenvalue weighted by atomic mass is 10.1. The van der Waals surface area contributed by atoms with E-state index in [1.165, 1.54) is 6.42 Å². The van der Waals surface area contributed by atoms with Crippen LogP contribution in [0.25, 0.3) is 10.9 Å². The first-order valence-corrected chi connectivity index (χ1v) is 7.13. The Labute approximate surface area is 115 Å². The molecule has 18 heavy (non-hydrogen) atoms. The maximum Gasteiger partial charge on any atom is 0.140 e. The van der Waals surface area contributed by atoms with Crippen LogP contribution in [0.15, 0.2) is 29.0 Å². The lowest BCUT2D eigenvalue weighted by molar-refractivity contribution is 0.545. The van der Waals surface area contributed by atoms with E-state index in [1.54, 1.807) is 6.33 Å². The number of nitrogens with zero attached hydrogens (tertiary/aromatic N) is 3. The minimum Gasteiger partial charge on any atom is -0.353 e. The summed E-state index contributed by atoms with van der Waals surface area (Å²) in [6.45, 7) is 5.68. The van der Waals surface area contributed by atoms with Gasteiger partial charge in [0.2, 0.25) is 0 Å². The van der Waals surface area contributed by atoms with Gasteiger partial charge in [-0.05, 0) is 37.5 Å². The maximum absolute atomic E-state index is 4.51. The van der Waals surface area contributed by atoms with Crippen molar-refractivity contribution in [3.8, 4) is 0 Å². The van der Waals surface area contributed by atoms with Crippen LogP contribution in [0, 0.1) is 5.92 Å². The van der Waals surface area contributed by atoms with Crippen LogP contribution < -0.4 is 4.90 Å². The first-order valence-electron chi connectivity index (χ1n) is 6.33. The minimum absolute atomic E-state index is 0.544. The van der Waals surface area contributed by atoms with Gasteiger partial charge < -0.3 is 4.90 Å². The van der Waals surface area contributed by atoms with Gasteiger partial charge in [-0.2, -0.15) is 0 Å². The second-order valence-corrected chi connectivity index (χ2v) is 5.97. The highest BCUT2D eigenvalue weighted by molar-refractivity contribution is 9.10. The largest absolute Gasteiger partial charge is 0.353 e. The van der Waals surface area contributed by atoms with Crippen LogP contribution in [0.3, 0.4) is 0 Å². The summed E-state index contributed by atoms with van der Waals surface area (Å²) in [5, 5.41) is 1.13. The molecule has 0 bridgehead atoms. The standard InChI is InChI=1S/C14H16BrN3/c1-9-5-6-18(10(9)2)14-12-7-11(15)3-4-13(12)16-8-17-14/h3-4,7-10H,5-6H2,1-2H3. The Morgan fingerprint density at radius 3 is 2.83 bits per heavy atom. The van der Waals surface area contributed by atoms with Gasteiger partial charge in [0.15, 0.2) is 0 Å². The van der Waals surface area contributed by atoms with Crippen molar-refractivity contribution in [2.24, 2.45) is 5.92 Å². The summed E-state index contributed by atoms with van der Waals surface area (Å²) < 4.78 is 1.07. The highest BCUT2D eigenvalue weighted by atomic mass is 79.9. The third kappa shape index (κ3) is 1.88. The Balaban J connectivity index is 2.14. The van der Waals surface area contributed by atoms with E-state index in [1.807, 2.05) is 12.1 Å². The number of hydrogen-bond acceptors (Lipinski definition) is 3. The maximum atomic E-state index is 4.51. The molecule has 0 amide bonds. The van der Waals surface area contributed by atoms with Crippen LogP contribution in [-0.4, -0.2) is 22.6 Å². The zero-order chi connectivity index (χ0) is 12.7. The third-order valence-electron chi connectivity index (χ3n) is 3.99. The van der Waals surface area contributed by atoms with Gasteiger partial charge in [-0.25, -0.2) is 9.97 Å². The van der Waals surface area contributed by atoms with Gasteiger partial charge in [0, 0.05) is 22.4 Å². The van der Waals surface area contributed by atoms with E-state index in [0.29, 0.717) is 6.04 Å². The van der Waals surface area contributed by atoms with Gasteiger partial charge in [0.05, 0.1) is 5.52 Å². The molecule has 0 N–H and O–H groups in total. The highest BCUT2D eigenvalue weighted by Gasteiger charge is 2.29. The molecule has 1 aliphatic rings. The molecule has 2 aromatic rings. The SMILES string of the molecule is CC1CCN(c2ncnc3ccc(Br)cc23)C1C. The van der Waals surface area contributed by atoms with Crippen molar-refractivity contribution < 1.29 is 0 Å². The molecular weight excluding hydrogens is 290 g/mol. The van der Waals surface area contributed by atoms with Crippen molar-refractivity contribution in [1.29, 1.82) is 0 Å². The molecule has 3 rings (SSSR count). The molecule has 94 valence electrons. The summed E-state index contributed by atoms with van der Waals surface area (Å²) >= 11 is 3.53. The predicted molar refractivity (Wildman–Crippen MR) is 77.8 cm³/mol. The molecule has 2 atom stereocenters. The summed E-state index contributed by atoms with van der Waals surface area (Å²) in [5.74, 6) is 1.79. The zero-order valence-corrected chi connectivity index (χ0v) is 12.2. The monoisotopic (exact) mass is 305 g/mol. The molecule has 0 saturated carbocycles. The van der Waals surface area contributed by atoms with Crippen molar-refractivity contribution in [1.82, 2.24) is 9.97 Å². The van der Waals surface area contributed by atoms with Gasteiger partial charge in [-0.15, -0.1) is 0 Å². The Kier molecular flexibility index (Phi) is 2.98. The average molecular weight is 306 g/mol. The molecule has 1 aliphatic heterocycles. The minimum atomic E-state index is 0.544. The summed E-state index contributed by atoms with van der Waals surface area (Å²) in [5.41, 5.74) is 1.01. The van der Waals surface area contributed by atoms with Crippen molar-refractivity contribution in [2.45, 2.75) is 26.3 Å². The van der Waals surface area contributed by atoms with Crippen molar-refractivity contribution in [2.75, 3.05) is 11.4 Å². The highest BCUT2D eigenvalue weighted by Crippen LogP contribution is 2.33. The number of benzene rings is 1. The normalized spacial score (nSPS) is 23.8. The van der Waals surface area contributed by atoms with Crippen LogP contribution >= 0.6 is 15.9 Å². The first-order chi connectivity index (χ1) is 8.66. The summed E-state index contributed by atoms with van der Waals surface area (Å²) in [6.07, 6.45) is 2.90. The fourth-order valence-electron chi connectivity index (χ4n) is 2.64. The van der Waals surface area contributed by atoms with E-state index in [-0.39, 0.29) is 0 Å². The number of rotatable bonds is 1. The van der Waals surface area contributed by atoms with Crippen LogP contribution in [0.1, 0.15) is 20.3 Å². The molecule has 0 radical (unpaired) electrons. The van der Waals surface area contributed by atoms with E-state index in [4.69, 9.17) is 0 Å². The van der Waals surface area contributed by atoms with Crippen molar-refractivity contribution in [3.63, 3.8) is 0 Å². The molecule has 2 heterocycles. The van der Waals surface area contributed by atoms with E-state index >= 15 is 0 Å². The van der Waals surface area contributed by atoms with E-state index in [9.17, 15) is 0 Å². The van der Waals surface area contributed by atoms with Crippen LogP contribution in [-0.2, 0) is 0 Å². The fraction of sp³-hybridized carbons (Fsp3) is 0.429. The smallest absolute Gasteiger partial charge is 0.140 e. The Bertz CT molecular complexity index is 584. The van der Waals surface area contributed by atoms with Gasteiger partial charge in [0.25, 0.3) is 0 Å². The topological polar surface area (TPSA) is 29.0 Å². The van der Waals surface area contributed by atoms with Gasteiger partial charge in [-0.1, -0.05) is 22.9 Å². The van der Waals surface area contributed by atoms with Gasteiger partial charge in [0.1, 0.15) is 12.1 Å². The fourth-order valence-corrected chi connectivity index (χ4v) is 3.00. The molecular formula is C14H16BrN3. The summed E-state index contributed by atoms with van der Waals surface area (Å²) in [7, 11) is 0. The molecule has 1 aromatic heterocycles. The van der Waals surface area contributed by atoms with E-state index in [0.717, 1.165) is 33.7 Å². The number of halogens is 1. The summed E-state index contributed by atoms with van der Waals surface area (Å²) in [4.78, 5) is 11.3. The number of aromatic nitrogens is 2. The Morgan fingerprint density at radius 1 is 1.28 bits per heavy atom.